The van der Waals surface area contributed by atoms with Crippen LogP contribution in [-0.4, -0.2) is 34.0 Å². The van der Waals surface area contributed by atoms with Crippen molar-refractivity contribution in [2.45, 2.75) is 20.8 Å². The third-order valence-electron chi connectivity index (χ3n) is 5.05. The van der Waals surface area contributed by atoms with Crippen LogP contribution in [0.25, 0.3) is 27.9 Å². The molecule has 0 atom stereocenters. The Morgan fingerprint density at radius 3 is 2.52 bits per heavy atom. The van der Waals surface area contributed by atoms with Gasteiger partial charge in [-0.25, -0.2) is 14.8 Å². The van der Waals surface area contributed by atoms with E-state index in [1.54, 1.807) is 7.05 Å². The van der Waals surface area contributed by atoms with Crippen LogP contribution in [0.2, 0.25) is 0 Å². The van der Waals surface area contributed by atoms with Crippen molar-refractivity contribution in [2.75, 3.05) is 24.2 Å². The van der Waals surface area contributed by atoms with E-state index in [1.807, 2.05) is 37.4 Å². The first-order chi connectivity index (χ1) is 14.0. The van der Waals surface area contributed by atoms with Crippen molar-refractivity contribution in [1.82, 2.24) is 19.7 Å². The van der Waals surface area contributed by atoms with Gasteiger partial charge in [0, 0.05) is 24.8 Å². The average molecular weight is 388 g/mol. The summed E-state index contributed by atoms with van der Waals surface area (Å²) in [6.45, 7) is 7.01. The lowest BCUT2D eigenvalue weighted by atomic mass is 10.1. The summed E-state index contributed by atoms with van der Waals surface area (Å²) in [6, 6.07) is 11.8. The van der Waals surface area contributed by atoms with Crippen molar-refractivity contribution in [3.63, 3.8) is 0 Å². The number of amides is 2. The molecule has 0 saturated heterocycles. The summed E-state index contributed by atoms with van der Waals surface area (Å²) >= 11 is 0. The second-order valence-corrected chi connectivity index (χ2v) is 7.00. The molecule has 7 heteroatoms. The minimum absolute atomic E-state index is 0.245. The highest BCUT2D eigenvalue weighted by molar-refractivity contribution is 5.90. The molecule has 0 saturated carbocycles. The van der Waals surface area contributed by atoms with Gasteiger partial charge in [0.25, 0.3) is 0 Å². The predicted octanol–water partition coefficient (Wildman–Crippen LogP) is 4.35. The van der Waals surface area contributed by atoms with E-state index >= 15 is 0 Å². The number of imidazole rings is 1. The molecule has 0 unspecified atom stereocenters. The first-order valence-electron chi connectivity index (χ1n) is 9.63. The summed E-state index contributed by atoms with van der Waals surface area (Å²) in [5, 5.41) is 8.66. The zero-order valence-corrected chi connectivity index (χ0v) is 17.0. The first-order valence-corrected chi connectivity index (χ1v) is 9.63. The predicted molar refractivity (Wildman–Crippen MR) is 118 cm³/mol. The molecule has 2 heterocycles. The lowest BCUT2D eigenvalue weighted by molar-refractivity contribution is 0.254. The zero-order chi connectivity index (χ0) is 20.5. The van der Waals surface area contributed by atoms with Gasteiger partial charge in [0.05, 0.1) is 22.9 Å². The van der Waals surface area contributed by atoms with E-state index in [4.69, 9.17) is 4.98 Å². The second kappa shape index (κ2) is 7.43. The third kappa shape index (κ3) is 3.35. The van der Waals surface area contributed by atoms with Crippen molar-refractivity contribution in [2.24, 2.45) is 0 Å². The Labute approximate surface area is 169 Å². The highest BCUT2D eigenvalue weighted by Gasteiger charge is 2.15. The maximum Gasteiger partial charge on any atom is 0.318 e. The van der Waals surface area contributed by atoms with E-state index in [9.17, 15) is 4.79 Å². The fourth-order valence-corrected chi connectivity index (χ4v) is 3.40. The summed E-state index contributed by atoms with van der Waals surface area (Å²) in [5.41, 5.74) is 7.87. The van der Waals surface area contributed by atoms with Crippen LogP contribution in [-0.2, 0) is 0 Å². The lowest BCUT2D eigenvalue weighted by Crippen LogP contribution is -2.24. The van der Waals surface area contributed by atoms with Gasteiger partial charge >= 0.3 is 6.03 Å². The maximum absolute atomic E-state index is 11.5. The van der Waals surface area contributed by atoms with E-state index in [0.29, 0.717) is 0 Å². The Bertz CT molecular complexity index is 1210. The minimum atomic E-state index is -0.245. The van der Waals surface area contributed by atoms with E-state index in [2.05, 4.69) is 51.3 Å². The van der Waals surface area contributed by atoms with Gasteiger partial charge in [0.1, 0.15) is 0 Å². The maximum atomic E-state index is 11.5. The van der Waals surface area contributed by atoms with Crippen molar-refractivity contribution >= 4 is 34.2 Å². The van der Waals surface area contributed by atoms with Crippen LogP contribution in [0, 0.1) is 13.8 Å². The molecule has 148 valence electrons. The van der Waals surface area contributed by atoms with Gasteiger partial charge in [-0.2, -0.15) is 0 Å². The summed E-state index contributed by atoms with van der Waals surface area (Å²) in [4.78, 5) is 21.0. The van der Waals surface area contributed by atoms with E-state index in [1.165, 1.54) is 11.1 Å². The Morgan fingerprint density at radius 2 is 1.83 bits per heavy atom. The summed E-state index contributed by atoms with van der Waals surface area (Å²) in [6.07, 6.45) is 1.87. The molecule has 0 radical (unpaired) electrons. The summed E-state index contributed by atoms with van der Waals surface area (Å²) < 4.78 is 2.15. The molecule has 2 aromatic carbocycles. The molecule has 4 aromatic rings. The highest BCUT2D eigenvalue weighted by atomic mass is 16.2. The molecule has 2 amide bonds. The number of aromatic nitrogens is 3. The molecule has 0 fully saturated rings. The standard InChI is InChI=1S/C22H24N6O/c1-5-24-20-21-25-12-19(15-6-8-16(9-7-15)26-22(29)23-4)28(21)18-11-14(3)13(2)10-17(18)27-20/h6-12H,5H2,1-4H3,(H,24,27)(H2,23,26,29). The summed E-state index contributed by atoms with van der Waals surface area (Å²) in [7, 11) is 1.59. The molecule has 0 aliphatic heterocycles. The number of aryl methyl sites for hydroxylation is 2. The zero-order valence-electron chi connectivity index (χ0n) is 17.0. The molecular formula is C22H24N6O. The van der Waals surface area contributed by atoms with Crippen LogP contribution in [0.3, 0.4) is 0 Å². The van der Waals surface area contributed by atoms with E-state index < -0.39 is 0 Å². The average Bonchev–Trinajstić information content (AvgIpc) is 3.16. The topological polar surface area (TPSA) is 83.3 Å². The number of nitrogens with one attached hydrogen (secondary N) is 3. The fraction of sp³-hybridized carbons (Fsp3) is 0.227. The molecule has 0 aliphatic rings. The number of benzene rings is 2. The molecule has 7 nitrogen and oxygen atoms in total. The highest BCUT2D eigenvalue weighted by Crippen LogP contribution is 2.30. The third-order valence-corrected chi connectivity index (χ3v) is 5.05. The van der Waals surface area contributed by atoms with Crippen LogP contribution >= 0.6 is 0 Å². The number of carbonyl (C=O) groups excluding carboxylic acids is 1. The van der Waals surface area contributed by atoms with Gasteiger partial charge in [0.2, 0.25) is 0 Å². The van der Waals surface area contributed by atoms with Gasteiger partial charge in [-0.05, 0) is 56.2 Å². The van der Waals surface area contributed by atoms with Gasteiger partial charge in [-0.1, -0.05) is 12.1 Å². The number of hydrogen-bond acceptors (Lipinski definition) is 4. The first kappa shape index (κ1) is 18.7. The van der Waals surface area contributed by atoms with Crippen LogP contribution in [0.5, 0.6) is 0 Å². The molecule has 0 spiro atoms. The number of carbonyl (C=O) groups is 1. The molecule has 4 rings (SSSR count). The van der Waals surface area contributed by atoms with Crippen molar-refractivity contribution in [3.8, 4) is 11.3 Å². The minimum Gasteiger partial charge on any atom is -0.367 e. The fourth-order valence-electron chi connectivity index (χ4n) is 3.40. The Balaban J connectivity index is 1.91. The van der Waals surface area contributed by atoms with Crippen molar-refractivity contribution < 1.29 is 4.79 Å². The molecule has 0 bridgehead atoms. The number of rotatable bonds is 4. The summed E-state index contributed by atoms with van der Waals surface area (Å²) in [5.74, 6) is 0.771. The van der Waals surface area contributed by atoms with Gasteiger partial charge in [-0.3, -0.25) is 4.40 Å². The van der Waals surface area contributed by atoms with Crippen molar-refractivity contribution in [3.05, 3.63) is 53.7 Å². The van der Waals surface area contributed by atoms with Crippen LogP contribution < -0.4 is 16.0 Å². The van der Waals surface area contributed by atoms with Crippen LogP contribution in [0.1, 0.15) is 18.1 Å². The smallest absolute Gasteiger partial charge is 0.318 e. The van der Waals surface area contributed by atoms with Crippen LogP contribution in [0.15, 0.2) is 42.6 Å². The number of hydrogen-bond donors (Lipinski definition) is 3. The molecule has 2 aromatic heterocycles. The lowest BCUT2D eigenvalue weighted by Gasteiger charge is -2.13. The number of fused-ring (bicyclic) bond motifs is 3. The Hall–Kier alpha value is -3.61. The number of nitrogens with zero attached hydrogens (tertiary/aromatic N) is 3. The number of anilines is 2. The Kier molecular flexibility index (Phi) is 4.80. The SMILES string of the molecule is CCNc1nc2cc(C)c(C)cc2n2c(-c3ccc(NC(=O)NC)cc3)cnc12. The molecular weight excluding hydrogens is 364 g/mol. The van der Waals surface area contributed by atoms with Gasteiger partial charge < -0.3 is 16.0 Å². The van der Waals surface area contributed by atoms with Gasteiger partial charge in [-0.15, -0.1) is 0 Å². The number of urea groups is 1. The Morgan fingerprint density at radius 1 is 1.10 bits per heavy atom. The largest absolute Gasteiger partial charge is 0.367 e. The van der Waals surface area contributed by atoms with E-state index in [0.717, 1.165) is 46.0 Å². The van der Waals surface area contributed by atoms with Crippen LogP contribution in [0.4, 0.5) is 16.3 Å². The molecule has 3 N–H and O–H groups in total. The molecule has 0 aliphatic carbocycles. The monoisotopic (exact) mass is 388 g/mol. The van der Waals surface area contributed by atoms with Crippen molar-refractivity contribution in [1.29, 1.82) is 0 Å². The quantitative estimate of drug-likeness (QED) is 0.485. The second-order valence-electron chi connectivity index (χ2n) is 7.00. The normalized spacial score (nSPS) is 11.0. The molecule has 29 heavy (non-hydrogen) atoms. The van der Waals surface area contributed by atoms with E-state index in [-0.39, 0.29) is 6.03 Å². The van der Waals surface area contributed by atoms with Gasteiger partial charge in [0.15, 0.2) is 11.5 Å².